The van der Waals surface area contributed by atoms with Crippen LogP contribution in [0.5, 0.6) is 0 Å². The molecule has 144 valence electrons. The second-order valence-corrected chi connectivity index (χ2v) is 8.72. The maximum atomic E-state index is 12.4. The molecule has 2 aromatic heterocycles. The van der Waals surface area contributed by atoms with Crippen molar-refractivity contribution in [2.24, 2.45) is 0 Å². The average molecular weight is 415 g/mol. The number of aromatic nitrogens is 1. The van der Waals surface area contributed by atoms with Gasteiger partial charge in [-0.15, -0.1) is 23.1 Å². The van der Waals surface area contributed by atoms with E-state index in [2.05, 4.69) is 5.32 Å². The Bertz CT molecular complexity index is 941. The van der Waals surface area contributed by atoms with Crippen LogP contribution >= 0.6 is 23.1 Å². The molecule has 4 rings (SSSR count). The van der Waals surface area contributed by atoms with Crippen molar-refractivity contribution < 1.29 is 24.1 Å². The Labute approximate surface area is 169 Å². The largest absolute Gasteiger partial charge is 0.545 e. The number of carboxylic acids is 1. The Morgan fingerprint density at radius 3 is 2.75 bits per heavy atom. The summed E-state index contributed by atoms with van der Waals surface area (Å²) in [7, 11) is 0. The van der Waals surface area contributed by atoms with E-state index in [0.29, 0.717) is 13.0 Å². The number of β-lactam (4-membered cyclic amide) rings is 1. The normalized spacial score (nSPS) is 20.8. The molecule has 2 aliphatic heterocycles. The van der Waals surface area contributed by atoms with E-state index in [0.717, 1.165) is 16.2 Å². The highest BCUT2D eigenvalue weighted by Crippen LogP contribution is 2.36. The molecule has 0 unspecified atom stereocenters. The second kappa shape index (κ2) is 7.76. The van der Waals surface area contributed by atoms with Crippen molar-refractivity contribution in [3.63, 3.8) is 0 Å². The summed E-state index contributed by atoms with van der Waals surface area (Å²) < 4.78 is 1.85. The SMILES string of the molecule is O=C(Cc1cccs1)N[C@@H]1C(=O)N2C=C(C[n+]3ccc(C(=O)[O-])cc3)CS[C@H]12. The fraction of sp³-hybridized carbons (Fsp3) is 0.263. The number of carbonyl (C=O) groups excluding carboxylic acids is 3. The Morgan fingerprint density at radius 2 is 2.07 bits per heavy atom. The van der Waals surface area contributed by atoms with Crippen LogP contribution in [0.1, 0.15) is 15.2 Å². The summed E-state index contributed by atoms with van der Waals surface area (Å²) in [5.74, 6) is -0.715. The van der Waals surface area contributed by atoms with Gasteiger partial charge in [0.25, 0.3) is 5.91 Å². The van der Waals surface area contributed by atoms with Crippen molar-refractivity contribution in [3.8, 4) is 0 Å². The Morgan fingerprint density at radius 1 is 1.29 bits per heavy atom. The number of nitrogens with one attached hydrogen (secondary N) is 1. The van der Waals surface area contributed by atoms with Gasteiger partial charge in [0, 0.05) is 40.1 Å². The molecular formula is C19H17N3O4S2. The molecule has 28 heavy (non-hydrogen) atoms. The summed E-state index contributed by atoms with van der Waals surface area (Å²) in [6.07, 6.45) is 5.48. The van der Waals surface area contributed by atoms with E-state index >= 15 is 0 Å². The monoisotopic (exact) mass is 415 g/mol. The summed E-state index contributed by atoms with van der Waals surface area (Å²) in [5, 5.41) is 15.5. The quantitative estimate of drug-likeness (QED) is 0.526. The van der Waals surface area contributed by atoms with Crippen molar-refractivity contribution in [1.29, 1.82) is 0 Å². The molecule has 2 aliphatic rings. The molecule has 0 spiro atoms. The third-order valence-corrected chi connectivity index (χ3v) is 6.84. The van der Waals surface area contributed by atoms with Crippen LogP contribution in [0, 0.1) is 0 Å². The van der Waals surface area contributed by atoms with Gasteiger partial charge in [-0.05, 0) is 11.4 Å². The lowest BCUT2D eigenvalue weighted by atomic mass is 10.1. The predicted molar refractivity (Wildman–Crippen MR) is 102 cm³/mol. The van der Waals surface area contributed by atoms with Crippen LogP contribution in [0.15, 0.2) is 53.8 Å². The van der Waals surface area contributed by atoms with Crippen LogP contribution in [-0.2, 0) is 22.6 Å². The Kier molecular flexibility index (Phi) is 5.19. The summed E-state index contributed by atoms with van der Waals surface area (Å²) in [6.45, 7) is 0.562. The first-order valence-electron chi connectivity index (χ1n) is 8.67. The first kappa shape index (κ1) is 18.7. The average Bonchev–Trinajstić information content (AvgIpc) is 3.19. The van der Waals surface area contributed by atoms with Crippen LogP contribution in [0.3, 0.4) is 0 Å². The van der Waals surface area contributed by atoms with Crippen molar-refractivity contribution in [3.05, 3.63) is 64.3 Å². The number of rotatable bonds is 6. The van der Waals surface area contributed by atoms with Crippen LogP contribution in [-0.4, -0.2) is 39.9 Å². The summed E-state index contributed by atoms with van der Waals surface area (Å²) in [6, 6.07) is 6.30. The Balaban J connectivity index is 1.35. The standard InChI is InChI=1S/C19H17N3O4S2/c23-15(8-14-2-1-7-27-14)20-16-17(24)22-10-12(11-28-18(16)22)9-21-5-3-13(4-6-21)19(25)26/h1-7,10,16,18H,8-9,11H2,(H-,20,23,25,26)/t16-,18-/m1/s1. The number of nitrogens with zero attached hydrogens (tertiary/aromatic N) is 2. The number of hydrogen-bond acceptors (Lipinski definition) is 6. The Hall–Kier alpha value is -2.65. The van der Waals surface area contributed by atoms with Crippen molar-refractivity contribution in [2.45, 2.75) is 24.4 Å². The lowest BCUT2D eigenvalue weighted by molar-refractivity contribution is -0.689. The molecule has 1 saturated heterocycles. The third kappa shape index (κ3) is 3.81. The minimum atomic E-state index is -1.21. The zero-order valence-corrected chi connectivity index (χ0v) is 16.4. The lowest BCUT2D eigenvalue weighted by Crippen LogP contribution is -2.68. The molecule has 1 fully saturated rings. The smallest absolute Gasteiger partial charge is 0.253 e. The van der Waals surface area contributed by atoms with Gasteiger partial charge in [0.1, 0.15) is 11.4 Å². The van der Waals surface area contributed by atoms with Gasteiger partial charge < -0.3 is 20.1 Å². The minimum absolute atomic E-state index is 0.0750. The zero-order valence-electron chi connectivity index (χ0n) is 14.7. The summed E-state index contributed by atoms with van der Waals surface area (Å²) in [5.41, 5.74) is 1.17. The first-order valence-corrected chi connectivity index (χ1v) is 10.6. The maximum absolute atomic E-state index is 12.4. The highest BCUT2D eigenvalue weighted by molar-refractivity contribution is 8.00. The van der Waals surface area contributed by atoms with Gasteiger partial charge in [-0.25, -0.2) is 4.57 Å². The van der Waals surface area contributed by atoms with Gasteiger partial charge in [0.05, 0.1) is 12.4 Å². The highest BCUT2D eigenvalue weighted by Gasteiger charge is 2.49. The molecule has 0 radical (unpaired) electrons. The van der Waals surface area contributed by atoms with E-state index in [1.165, 1.54) is 23.5 Å². The second-order valence-electron chi connectivity index (χ2n) is 6.58. The molecule has 2 aromatic rings. The van der Waals surface area contributed by atoms with Crippen LogP contribution < -0.4 is 15.0 Å². The summed E-state index contributed by atoms with van der Waals surface area (Å²) >= 11 is 3.14. The molecule has 1 N–H and O–H groups in total. The maximum Gasteiger partial charge on any atom is 0.253 e. The van der Waals surface area contributed by atoms with E-state index < -0.39 is 12.0 Å². The number of aromatic carboxylic acids is 1. The van der Waals surface area contributed by atoms with Crippen molar-refractivity contribution in [1.82, 2.24) is 10.2 Å². The van der Waals surface area contributed by atoms with E-state index in [-0.39, 0.29) is 22.8 Å². The molecule has 0 saturated carbocycles. The number of thioether (sulfide) groups is 1. The van der Waals surface area contributed by atoms with Gasteiger partial charge in [-0.3, -0.25) is 9.59 Å². The van der Waals surface area contributed by atoms with Gasteiger partial charge in [-0.1, -0.05) is 6.07 Å². The molecule has 0 bridgehead atoms. The topological polar surface area (TPSA) is 93.4 Å². The molecular weight excluding hydrogens is 398 g/mol. The number of carbonyl (C=O) groups is 3. The van der Waals surface area contributed by atoms with E-state index in [1.54, 1.807) is 29.1 Å². The molecule has 0 aliphatic carbocycles. The van der Waals surface area contributed by atoms with E-state index in [9.17, 15) is 19.5 Å². The van der Waals surface area contributed by atoms with E-state index in [4.69, 9.17) is 0 Å². The number of hydrogen-bond donors (Lipinski definition) is 1. The summed E-state index contributed by atoms with van der Waals surface area (Å²) in [4.78, 5) is 38.0. The minimum Gasteiger partial charge on any atom is -0.545 e. The van der Waals surface area contributed by atoms with Crippen molar-refractivity contribution >= 4 is 40.9 Å². The molecule has 7 nitrogen and oxygen atoms in total. The number of carboxylic acid groups (broad SMARTS) is 1. The van der Waals surface area contributed by atoms with Gasteiger partial charge in [0.2, 0.25) is 5.91 Å². The fourth-order valence-corrected chi connectivity index (χ4v) is 5.13. The molecule has 0 aromatic carbocycles. The molecule has 4 heterocycles. The molecule has 2 atom stereocenters. The fourth-order valence-electron chi connectivity index (χ4n) is 3.18. The lowest BCUT2D eigenvalue weighted by Gasteiger charge is -2.47. The highest BCUT2D eigenvalue weighted by atomic mass is 32.2. The van der Waals surface area contributed by atoms with Gasteiger partial charge in [0.15, 0.2) is 18.9 Å². The van der Waals surface area contributed by atoms with Crippen LogP contribution in [0.4, 0.5) is 0 Å². The molecule has 2 amide bonds. The predicted octanol–water partition coefficient (Wildman–Crippen LogP) is -0.0744. The number of pyridine rings is 1. The van der Waals surface area contributed by atoms with Gasteiger partial charge >= 0.3 is 0 Å². The van der Waals surface area contributed by atoms with Crippen molar-refractivity contribution in [2.75, 3.05) is 5.75 Å². The number of thiophene rings is 1. The first-order chi connectivity index (χ1) is 13.5. The van der Waals surface area contributed by atoms with Crippen LogP contribution in [0.2, 0.25) is 0 Å². The number of amides is 2. The number of fused-ring (bicyclic) bond motifs is 1. The zero-order chi connectivity index (χ0) is 19.7. The molecule has 9 heteroatoms. The van der Waals surface area contributed by atoms with Crippen LogP contribution in [0.25, 0.3) is 0 Å². The van der Waals surface area contributed by atoms with Gasteiger partial charge in [-0.2, -0.15) is 0 Å². The third-order valence-electron chi connectivity index (χ3n) is 4.58. The van der Waals surface area contributed by atoms with E-state index in [1.807, 2.05) is 28.3 Å².